The van der Waals surface area contributed by atoms with E-state index in [0.717, 1.165) is 22.7 Å². The molecular weight excluding hydrogens is 417 g/mol. The van der Waals surface area contributed by atoms with Crippen molar-refractivity contribution in [3.8, 4) is 0 Å². The van der Waals surface area contributed by atoms with E-state index in [4.69, 9.17) is 11.6 Å². The minimum Gasteiger partial charge on any atom is -0.390 e. The average Bonchev–Trinajstić information content (AvgIpc) is 3.41. The molecule has 3 N–H and O–H groups in total. The Morgan fingerprint density at radius 2 is 2.17 bits per heavy atom. The van der Waals surface area contributed by atoms with Crippen LogP contribution in [0.5, 0.6) is 0 Å². The largest absolute Gasteiger partial charge is 0.390 e. The molecule has 0 radical (unpaired) electrons. The summed E-state index contributed by atoms with van der Waals surface area (Å²) in [6.45, 7) is 1.41. The highest BCUT2D eigenvalue weighted by Crippen LogP contribution is 2.37. The van der Waals surface area contributed by atoms with Crippen molar-refractivity contribution in [3.05, 3.63) is 34.0 Å². The average molecular weight is 440 g/mol. The predicted octanol–water partition coefficient (Wildman–Crippen LogP) is 3.23. The second kappa shape index (κ2) is 8.51. The minimum absolute atomic E-state index is 0.115. The number of hydrogen-bond donors (Lipinski definition) is 3. The lowest BCUT2D eigenvalue weighted by Gasteiger charge is -2.19. The van der Waals surface area contributed by atoms with Gasteiger partial charge in [0.25, 0.3) is 0 Å². The number of aliphatic hydroxyl groups excluding tert-OH is 2. The van der Waals surface area contributed by atoms with E-state index in [1.165, 1.54) is 6.33 Å². The summed E-state index contributed by atoms with van der Waals surface area (Å²) in [5.74, 6) is 0.00949. The minimum atomic E-state index is -1.10. The Morgan fingerprint density at radius 1 is 1.34 bits per heavy atom. The third-order valence-corrected chi connectivity index (χ3v) is 7.05. The predicted molar refractivity (Wildman–Crippen MR) is 111 cm³/mol. The van der Waals surface area contributed by atoms with Crippen LogP contribution in [0.15, 0.2) is 24.1 Å². The van der Waals surface area contributed by atoms with Crippen LogP contribution in [-0.4, -0.2) is 54.7 Å². The van der Waals surface area contributed by atoms with Crippen LogP contribution >= 0.6 is 22.9 Å². The molecule has 0 aliphatic heterocycles. The molecule has 0 amide bonds. The van der Waals surface area contributed by atoms with Crippen LogP contribution in [0.25, 0.3) is 11.2 Å². The Bertz CT molecular complexity index is 983. The number of nitrogens with one attached hydrogen (secondary N) is 1. The summed E-state index contributed by atoms with van der Waals surface area (Å²) in [6, 6.07) is 1.53. The van der Waals surface area contributed by atoms with Crippen LogP contribution in [0, 0.1) is 5.92 Å². The Labute approximate surface area is 176 Å². The number of halogens is 2. The van der Waals surface area contributed by atoms with Crippen LogP contribution in [0.3, 0.4) is 0 Å². The molecule has 1 fully saturated rings. The van der Waals surface area contributed by atoms with Crippen molar-refractivity contribution in [1.82, 2.24) is 19.5 Å². The Morgan fingerprint density at radius 3 is 2.83 bits per heavy atom. The van der Waals surface area contributed by atoms with Crippen molar-refractivity contribution in [2.45, 2.75) is 50.5 Å². The molecule has 0 unspecified atom stereocenters. The maximum Gasteiger partial charge on any atom is 0.165 e. The maximum atomic E-state index is 13.1. The number of aromatic nitrogens is 4. The molecule has 0 aromatic carbocycles. The van der Waals surface area contributed by atoms with Gasteiger partial charge in [-0.05, 0) is 24.3 Å². The van der Waals surface area contributed by atoms with Crippen LogP contribution in [-0.2, 0) is 6.42 Å². The summed E-state index contributed by atoms with van der Waals surface area (Å²) in [5.41, 5.74) is 1.12. The molecule has 7 nitrogen and oxygen atoms in total. The summed E-state index contributed by atoms with van der Waals surface area (Å²) in [6.07, 6.45) is 2.81. The van der Waals surface area contributed by atoms with E-state index in [9.17, 15) is 14.6 Å². The molecule has 29 heavy (non-hydrogen) atoms. The number of thiophene rings is 1. The lowest BCUT2D eigenvalue weighted by atomic mass is 10.1. The SMILES string of the molecule is CC[C@H](Cc1sccc1Cl)Nc1ncnc2c1ncn2[C@@H]1C[C@H](CF)[C@@H](O)[C@H]1O. The Balaban J connectivity index is 1.60. The molecule has 3 heterocycles. The van der Waals surface area contributed by atoms with Crippen molar-refractivity contribution in [1.29, 1.82) is 0 Å². The van der Waals surface area contributed by atoms with E-state index in [-0.39, 0.29) is 6.04 Å². The summed E-state index contributed by atoms with van der Waals surface area (Å²) in [5, 5.41) is 26.6. The van der Waals surface area contributed by atoms with Gasteiger partial charge < -0.3 is 20.1 Å². The number of hydrogen-bond acceptors (Lipinski definition) is 7. The number of nitrogens with zero attached hydrogens (tertiary/aromatic N) is 4. The lowest BCUT2D eigenvalue weighted by Crippen LogP contribution is -2.30. The van der Waals surface area contributed by atoms with E-state index >= 15 is 0 Å². The lowest BCUT2D eigenvalue weighted by molar-refractivity contribution is 0.00271. The number of imidazole rings is 1. The molecule has 4 rings (SSSR count). The van der Waals surface area contributed by atoms with Gasteiger partial charge in [0.05, 0.1) is 30.2 Å². The number of aliphatic hydroxyl groups is 2. The van der Waals surface area contributed by atoms with E-state index < -0.39 is 30.8 Å². The molecule has 10 heteroatoms. The van der Waals surface area contributed by atoms with Gasteiger partial charge in [-0.1, -0.05) is 18.5 Å². The fourth-order valence-corrected chi connectivity index (χ4v) is 5.11. The first-order valence-electron chi connectivity index (χ1n) is 9.61. The molecule has 0 saturated heterocycles. The van der Waals surface area contributed by atoms with E-state index in [1.807, 2.05) is 11.4 Å². The molecule has 0 bridgehead atoms. The highest BCUT2D eigenvalue weighted by molar-refractivity contribution is 7.10. The second-order valence-corrected chi connectivity index (χ2v) is 8.80. The zero-order chi connectivity index (χ0) is 20.5. The van der Waals surface area contributed by atoms with Gasteiger partial charge in [-0.2, -0.15) is 0 Å². The third kappa shape index (κ3) is 3.84. The van der Waals surface area contributed by atoms with Crippen molar-refractivity contribution in [2.24, 2.45) is 5.92 Å². The Hall–Kier alpha value is -1.81. The fraction of sp³-hybridized carbons (Fsp3) is 0.526. The van der Waals surface area contributed by atoms with Gasteiger partial charge in [-0.25, -0.2) is 15.0 Å². The van der Waals surface area contributed by atoms with Crippen LogP contribution in [0.2, 0.25) is 5.02 Å². The van der Waals surface area contributed by atoms with Gasteiger partial charge >= 0.3 is 0 Å². The van der Waals surface area contributed by atoms with Crippen LogP contribution < -0.4 is 5.32 Å². The molecule has 1 saturated carbocycles. The van der Waals surface area contributed by atoms with Crippen molar-refractivity contribution >= 4 is 39.9 Å². The number of anilines is 1. The van der Waals surface area contributed by atoms with E-state index in [2.05, 4.69) is 27.2 Å². The highest BCUT2D eigenvalue weighted by Gasteiger charge is 2.43. The second-order valence-electron chi connectivity index (χ2n) is 7.39. The first-order valence-corrected chi connectivity index (χ1v) is 10.9. The topological polar surface area (TPSA) is 96.1 Å². The van der Waals surface area contributed by atoms with Gasteiger partial charge in [0.2, 0.25) is 0 Å². The number of fused-ring (bicyclic) bond motifs is 1. The standard InChI is InChI=1S/C19H23ClFN5O2S/c1-2-11(6-14-12(20)3-4-29-14)25-18-15-19(23-8-22-18)26(9-24-15)13-5-10(7-21)16(27)17(13)28/h3-4,8-11,13,16-17,27-28H,2,5-7H2,1H3,(H,22,23,25)/t10-,11-,13-,16-,17+/m1/s1. The molecule has 156 valence electrons. The zero-order valence-corrected chi connectivity index (χ0v) is 17.4. The smallest absolute Gasteiger partial charge is 0.165 e. The fourth-order valence-electron chi connectivity index (χ4n) is 3.91. The van der Waals surface area contributed by atoms with Gasteiger partial charge in [0.15, 0.2) is 11.5 Å². The molecule has 5 atom stereocenters. The summed E-state index contributed by atoms with van der Waals surface area (Å²) in [4.78, 5) is 14.2. The maximum absolute atomic E-state index is 13.1. The third-order valence-electron chi connectivity index (χ3n) is 5.64. The highest BCUT2D eigenvalue weighted by atomic mass is 35.5. The van der Waals surface area contributed by atoms with Gasteiger partial charge in [-0.15, -0.1) is 11.3 Å². The first kappa shape index (κ1) is 20.5. The molecule has 1 aliphatic carbocycles. The van der Waals surface area contributed by atoms with Crippen molar-refractivity contribution in [3.63, 3.8) is 0 Å². The Kier molecular flexibility index (Phi) is 6.00. The summed E-state index contributed by atoms with van der Waals surface area (Å²) < 4.78 is 14.9. The molecule has 1 aliphatic rings. The first-order chi connectivity index (χ1) is 14.0. The molecular formula is C19H23ClFN5O2S. The van der Waals surface area contributed by atoms with Crippen LogP contribution in [0.1, 0.15) is 30.7 Å². The molecule has 3 aromatic heterocycles. The number of rotatable bonds is 7. The van der Waals surface area contributed by atoms with Gasteiger partial charge in [-0.3, -0.25) is 4.39 Å². The number of alkyl halides is 1. The van der Waals surface area contributed by atoms with E-state index in [0.29, 0.717) is 23.4 Å². The zero-order valence-electron chi connectivity index (χ0n) is 15.9. The summed E-state index contributed by atoms with van der Waals surface area (Å²) in [7, 11) is 0. The van der Waals surface area contributed by atoms with Crippen molar-refractivity contribution < 1.29 is 14.6 Å². The summed E-state index contributed by atoms with van der Waals surface area (Å²) >= 11 is 7.86. The quantitative estimate of drug-likeness (QED) is 0.523. The normalized spacial score (nSPS) is 25.6. The van der Waals surface area contributed by atoms with Crippen molar-refractivity contribution in [2.75, 3.05) is 12.0 Å². The van der Waals surface area contributed by atoms with Gasteiger partial charge in [0, 0.05) is 23.3 Å². The van der Waals surface area contributed by atoms with Gasteiger partial charge in [0.1, 0.15) is 17.9 Å². The van der Waals surface area contributed by atoms with Crippen LogP contribution in [0.4, 0.5) is 10.2 Å². The van der Waals surface area contributed by atoms with E-state index in [1.54, 1.807) is 22.2 Å². The molecule has 0 spiro atoms. The molecule has 3 aromatic rings. The monoisotopic (exact) mass is 439 g/mol.